The van der Waals surface area contributed by atoms with Crippen LogP contribution in [0.1, 0.15) is 38.5 Å². The van der Waals surface area contributed by atoms with Crippen molar-refractivity contribution in [2.24, 2.45) is 0 Å². The summed E-state index contributed by atoms with van der Waals surface area (Å²) in [5, 5.41) is 10.6. The molecule has 1 aliphatic carbocycles. The maximum absolute atomic E-state index is 12.2. The minimum absolute atomic E-state index is 0.0299. The van der Waals surface area contributed by atoms with Crippen LogP contribution < -0.4 is 4.72 Å². The van der Waals surface area contributed by atoms with Gasteiger partial charge in [0, 0.05) is 18.2 Å². The number of nitro groups is 1. The second-order valence-electron chi connectivity index (χ2n) is 5.06. The Morgan fingerprint density at radius 2 is 1.60 bits per heavy atom. The number of hydrogen-bond donors (Lipinski definition) is 1. The molecule has 1 aliphatic rings. The molecule has 2 rings (SSSR count). The molecule has 0 spiro atoms. The second kappa shape index (κ2) is 6.32. The Hall–Kier alpha value is -1.47. The third-order valence-electron chi connectivity index (χ3n) is 3.53. The van der Waals surface area contributed by atoms with Gasteiger partial charge in [-0.3, -0.25) is 10.1 Å². The predicted molar refractivity (Wildman–Crippen MR) is 74.9 cm³/mol. The van der Waals surface area contributed by atoms with E-state index in [0.717, 1.165) is 38.5 Å². The molecule has 1 aromatic carbocycles. The van der Waals surface area contributed by atoms with Crippen molar-refractivity contribution in [2.45, 2.75) is 49.5 Å². The lowest BCUT2D eigenvalue weighted by Crippen LogP contribution is -2.34. The Labute approximate surface area is 118 Å². The van der Waals surface area contributed by atoms with E-state index < -0.39 is 14.9 Å². The lowest BCUT2D eigenvalue weighted by atomic mass is 10.1. The fraction of sp³-hybridized carbons (Fsp3) is 0.538. The number of nitrogens with zero attached hydrogens (tertiary/aromatic N) is 1. The molecular formula is C13H18N2O4S. The van der Waals surface area contributed by atoms with Crippen LogP contribution in [0, 0.1) is 10.1 Å². The highest BCUT2D eigenvalue weighted by molar-refractivity contribution is 7.89. The maximum Gasteiger partial charge on any atom is 0.269 e. The second-order valence-corrected chi connectivity index (χ2v) is 6.77. The summed E-state index contributed by atoms with van der Waals surface area (Å²) >= 11 is 0. The summed E-state index contributed by atoms with van der Waals surface area (Å²) < 4.78 is 27.1. The summed E-state index contributed by atoms with van der Waals surface area (Å²) in [6.07, 6.45) is 6.07. The van der Waals surface area contributed by atoms with Crippen molar-refractivity contribution in [3.8, 4) is 0 Å². The topological polar surface area (TPSA) is 89.3 Å². The third-order valence-corrected chi connectivity index (χ3v) is 5.07. The molecule has 0 aliphatic heterocycles. The minimum Gasteiger partial charge on any atom is -0.258 e. The number of sulfonamides is 1. The van der Waals surface area contributed by atoms with Crippen molar-refractivity contribution >= 4 is 15.7 Å². The van der Waals surface area contributed by atoms with E-state index >= 15 is 0 Å². The van der Waals surface area contributed by atoms with Crippen LogP contribution in [0.15, 0.2) is 29.2 Å². The van der Waals surface area contributed by atoms with Crippen LogP contribution in [0.4, 0.5) is 5.69 Å². The first kappa shape index (κ1) is 14.9. The molecule has 0 atom stereocenters. The summed E-state index contributed by atoms with van der Waals surface area (Å²) in [5.74, 6) is 0. The van der Waals surface area contributed by atoms with Crippen LogP contribution >= 0.6 is 0 Å². The number of nitrogens with one attached hydrogen (secondary N) is 1. The smallest absolute Gasteiger partial charge is 0.258 e. The number of hydrogen-bond acceptors (Lipinski definition) is 4. The summed E-state index contributed by atoms with van der Waals surface area (Å²) in [4.78, 5) is 10.1. The third kappa shape index (κ3) is 3.77. The highest BCUT2D eigenvalue weighted by Gasteiger charge is 2.21. The van der Waals surface area contributed by atoms with E-state index in [1.165, 1.54) is 24.3 Å². The molecule has 7 heteroatoms. The van der Waals surface area contributed by atoms with Crippen LogP contribution in [0.3, 0.4) is 0 Å². The van der Waals surface area contributed by atoms with Crippen molar-refractivity contribution in [3.63, 3.8) is 0 Å². The lowest BCUT2D eigenvalue weighted by molar-refractivity contribution is -0.384. The summed E-state index contributed by atoms with van der Waals surface area (Å²) in [5.41, 5.74) is -0.113. The van der Waals surface area contributed by atoms with Gasteiger partial charge in [-0.15, -0.1) is 0 Å². The van der Waals surface area contributed by atoms with E-state index in [0.29, 0.717) is 0 Å². The van der Waals surface area contributed by atoms with Crippen LogP contribution in [0.2, 0.25) is 0 Å². The van der Waals surface area contributed by atoms with Crippen molar-refractivity contribution in [2.75, 3.05) is 0 Å². The van der Waals surface area contributed by atoms with E-state index in [2.05, 4.69) is 4.72 Å². The van der Waals surface area contributed by atoms with E-state index in [4.69, 9.17) is 0 Å². The van der Waals surface area contributed by atoms with Gasteiger partial charge in [0.2, 0.25) is 10.0 Å². The van der Waals surface area contributed by atoms with Crippen LogP contribution in [0.25, 0.3) is 0 Å². The van der Waals surface area contributed by atoms with Gasteiger partial charge in [0.05, 0.1) is 9.82 Å². The van der Waals surface area contributed by atoms with Crippen LogP contribution in [0.5, 0.6) is 0 Å². The molecule has 0 amide bonds. The van der Waals surface area contributed by atoms with Crippen molar-refractivity contribution < 1.29 is 13.3 Å². The molecule has 110 valence electrons. The summed E-state index contributed by atoms with van der Waals surface area (Å²) in [6, 6.07) is 4.94. The summed E-state index contributed by atoms with van der Waals surface area (Å²) in [6.45, 7) is 0. The Balaban J connectivity index is 2.10. The van der Waals surface area contributed by atoms with E-state index in [9.17, 15) is 18.5 Å². The lowest BCUT2D eigenvalue weighted by Gasteiger charge is -2.16. The van der Waals surface area contributed by atoms with E-state index in [1.807, 2.05) is 0 Å². The molecular weight excluding hydrogens is 280 g/mol. The van der Waals surface area contributed by atoms with Crippen molar-refractivity contribution in [1.82, 2.24) is 4.72 Å². The fourth-order valence-electron chi connectivity index (χ4n) is 2.43. The standard InChI is InChI=1S/C13H18N2O4S/c16-15(17)12-7-9-13(10-8-12)20(18,19)14-11-5-3-1-2-4-6-11/h7-11,14H,1-6H2. The zero-order valence-corrected chi connectivity index (χ0v) is 11.9. The number of benzene rings is 1. The molecule has 0 heterocycles. The highest BCUT2D eigenvalue weighted by Crippen LogP contribution is 2.20. The van der Waals surface area contributed by atoms with Gasteiger partial charge in [-0.25, -0.2) is 13.1 Å². The predicted octanol–water partition coefficient (Wildman–Crippen LogP) is 2.60. The van der Waals surface area contributed by atoms with Gasteiger partial charge < -0.3 is 0 Å². The first-order valence-corrected chi connectivity index (χ1v) is 8.24. The molecule has 1 saturated carbocycles. The molecule has 6 nitrogen and oxygen atoms in total. The molecule has 1 fully saturated rings. The van der Waals surface area contributed by atoms with Gasteiger partial charge in [-0.2, -0.15) is 0 Å². The van der Waals surface area contributed by atoms with E-state index in [-0.39, 0.29) is 16.6 Å². The number of rotatable bonds is 4. The van der Waals surface area contributed by atoms with Gasteiger partial charge in [0.1, 0.15) is 0 Å². The Morgan fingerprint density at radius 1 is 1.05 bits per heavy atom. The molecule has 20 heavy (non-hydrogen) atoms. The van der Waals surface area contributed by atoms with Gasteiger partial charge in [0.15, 0.2) is 0 Å². The molecule has 0 unspecified atom stereocenters. The van der Waals surface area contributed by atoms with Crippen molar-refractivity contribution in [3.05, 3.63) is 34.4 Å². The number of non-ortho nitro benzene ring substituents is 1. The number of nitro benzene ring substituents is 1. The quantitative estimate of drug-likeness (QED) is 0.525. The normalized spacial score (nSPS) is 17.6. The first-order valence-electron chi connectivity index (χ1n) is 6.76. The van der Waals surface area contributed by atoms with Crippen LogP contribution in [-0.2, 0) is 10.0 Å². The monoisotopic (exact) mass is 298 g/mol. The molecule has 1 aromatic rings. The molecule has 0 aromatic heterocycles. The first-order chi connectivity index (χ1) is 9.49. The molecule has 1 N–H and O–H groups in total. The molecule has 0 bridgehead atoms. The van der Waals surface area contributed by atoms with Gasteiger partial charge >= 0.3 is 0 Å². The Morgan fingerprint density at radius 3 is 2.10 bits per heavy atom. The Bertz CT molecular complexity index is 561. The van der Waals surface area contributed by atoms with E-state index in [1.54, 1.807) is 0 Å². The van der Waals surface area contributed by atoms with Gasteiger partial charge in [-0.1, -0.05) is 25.7 Å². The maximum atomic E-state index is 12.2. The average molecular weight is 298 g/mol. The Kier molecular flexibility index (Phi) is 4.72. The fourth-order valence-corrected chi connectivity index (χ4v) is 3.74. The minimum atomic E-state index is -3.59. The van der Waals surface area contributed by atoms with Gasteiger partial charge in [0.25, 0.3) is 5.69 Å². The SMILES string of the molecule is O=[N+]([O-])c1ccc(S(=O)(=O)NC2CCCCCC2)cc1. The molecule has 0 saturated heterocycles. The zero-order chi connectivity index (χ0) is 14.6. The van der Waals surface area contributed by atoms with Gasteiger partial charge in [-0.05, 0) is 25.0 Å². The van der Waals surface area contributed by atoms with Crippen molar-refractivity contribution in [1.29, 1.82) is 0 Å². The molecule has 0 radical (unpaired) electrons. The largest absolute Gasteiger partial charge is 0.269 e. The zero-order valence-electron chi connectivity index (χ0n) is 11.1. The summed E-state index contributed by atoms with van der Waals surface area (Å²) in [7, 11) is -3.59. The highest BCUT2D eigenvalue weighted by atomic mass is 32.2. The van der Waals surface area contributed by atoms with Crippen LogP contribution in [-0.4, -0.2) is 19.4 Å². The average Bonchev–Trinajstić information content (AvgIpc) is 2.67.